The number of aliphatic carboxylic acids is 1. The van der Waals surface area contributed by atoms with Crippen LogP contribution in [0.15, 0.2) is 24.3 Å². The zero-order valence-electron chi connectivity index (χ0n) is 9.23. The molecule has 1 heterocycles. The SMILES string of the molecule is CC1(C)CC(O)(C(=O)O)c2ccccc2O1. The van der Waals surface area contributed by atoms with Crippen molar-refractivity contribution in [3.05, 3.63) is 29.8 Å². The summed E-state index contributed by atoms with van der Waals surface area (Å²) in [6.45, 7) is 3.52. The van der Waals surface area contributed by atoms with Gasteiger partial charge in [0.1, 0.15) is 11.4 Å². The third kappa shape index (κ3) is 1.55. The normalized spacial score (nSPS) is 26.7. The summed E-state index contributed by atoms with van der Waals surface area (Å²) < 4.78 is 5.64. The van der Waals surface area contributed by atoms with E-state index in [1.54, 1.807) is 38.1 Å². The van der Waals surface area contributed by atoms with Gasteiger partial charge in [-0.1, -0.05) is 18.2 Å². The van der Waals surface area contributed by atoms with E-state index in [0.717, 1.165) is 0 Å². The van der Waals surface area contributed by atoms with Crippen molar-refractivity contribution < 1.29 is 19.7 Å². The van der Waals surface area contributed by atoms with Crippen LogP contribution >= 0.6 is 0 Å². The average Bonchev–Trinajstić information content (AvgIpc) is 2.15. The Morgan fingerprint density at radius 2 is 2.00 bits per heavy atom. The number of ether oxygens (including phenoxy) is 1. The maximum Gasteiger partial charge on any atom is 0.340 e. The van der Waals surface area contributed by atoms with Gasteiger partial charge in [0.15, 0.2) is 5.60 Å². The Morgan fingerprint density at radius 3 is 2.62 bits per heavy atom. The lowest BCUT2D eigenvalue weighted by atomic mass is 9.80. The number of hydrogen-bond acceptors (Lipinski definition) is 3. The van der Waals surface area contributed by atoms with Crippen LogP contribution in [0.5, 0.6) is 5.75 Å². The van der Waals surface area contributed by atoms with E-state index < -0.39 is 17.2 Å². The number of carboxylic acids is 1. The van der Waals surface area contributed by atoms with Crippen molar-refractivity contribution in [2.45, 2.75) is 31.5 Å². The summed E-state index contributed by atoms with van der Waals surface area (Å²) in [5.74, 6) is -0.806. The molecule has 1 aromatic carbocycles. The third-order valence-electron chi connectivity index (χ3n) is 2.75. The molecule has 0 spiro atoms. The third-order valence-corrected chi connectivity index (χ3v) is 2.75. The fourth-order valence-electron chi connectivity index (χ4n) is 2.13. The van der Waals surface area contributed by atoms with Crippen LogP contribution in [0.2, 0.25) is 0 Å². The molecule has 0 aliphatic carbocycles. The summed E-state index contributed by atoms with van der Waals surface area (Å²) >= 11 is 0. The highest BCUT2D eigenvalue weighted by Gasteiger charge is 2.49. The average molecular weight is 222 g/mol. The first-order chi connectivity index (χ1) is 7.35. The Kier molecular flexibility index (Phi) is 2.20. The van der Waals surface area contributed by atoms with Gasteiger partial charge in [0.05, 0.1) is 0 Å². The predicted octanol–water partition coefficient (Wildman–Crippen LogP) is 1.52. The van der Waals surface area contributed by atoms with Crippen molar-refractivity contribution in [2.24, 2.45) is 0 Å². The molecule has 2 rings (SSSR count). The second-order valence-corrected chi connectivity index (χ2v) is 4.70. The molecule has 1 unspecified atom stereocenters. The van der Waals surface area contributed by atoms with Crippen LogP contribution in [0.4, 0.5) is 0 Å². The van der Waals surface area contributed by atoms with E-state index >= 15 is 0 Å². The van der Waals surface area contributed by atoms with Gasteiger partial charge in [0, 0.05) is 12.0 Å². The molecular formula is C12H14O4. The quantitative estimate of drug-likeness (QED) is 0.756. The first kappa shape index (κ1) is 11.0. The van der Waals surface area contributed by atoms with Gasteiger partial charge in [-0.2, -0.15) is 0 Å². The topological polar surface area (TPSA) is 66.8 Å². The second-order valence-electron chi connectivity index (χ2n) is 4.70. The molecule has 0 amide bonds. The molecule has 0 fully saturated rings. The highest BCUT2D eigenvalue weighted by atomic mass is 16.5. The van der Waals surface area contributed by atoms with Gasteiger partial charge in [-0.15, -0.1) is 0 Å². The first-order valence-corrected chi connectivity index (χ1v) is 5.09. The van der Waals surface area contributed by atoms with E-state index in [1.165, 1.54) is 0 Å². The fraction of sp³-hybridized carbons (Fsp3) is 0.417. The van der Waals surface area contributed by atoms with E-state index in [4.69, 9.17) is 4.74 Å². The Morgan fingerprint density at radius 1 is 1.38 bits per heavy atom. The van der Waals surface area contributed by atoms with Crippen molar-refractivity contribution in [3.63, 3.8) is 0 Å². The number of para-hydroxylation sites is 1. The van der Waals surface area contributed by atoms with Crippen LogP contribution in [0.3, 0.4) is 0 Å². The number of fused-ring (bicyclic) bond motifs is 1. The van der Waals surface area contributed by atoms with Gasteiger partial charge < -0.3 is 14.9 Å². The van der Waals surface area contributed by atoms with E-state index in [9.17, 15) is 15.0 Å². The molecule has 16 heavy (non-hydrogen) atoms. The summed E-state index contributed by atoms with van der Waals surface area (Å²) in [6, 6.07) is 6.69. The predicted molar refractivity (Wildman–Crippen MR) is 57.3 cm³/mol. The Bertz CT molecular complexity index is 438. The summed E-state index contributed by atoms with van der Waals surface area (Å²) in [6.07, 6.45) is 0.0341. The van der Waals surface area contributed by atoms with Crippen LogP contribution in [0, 0.1) is 0 Å². The Labute approximate surface area is 93.5 Å². The molecule has 4 heteroatoms. The molecule has 1 aliphatic heterocycles. The first-order valence-electron chi connectivity index (χ1n) is 5.09. The van der Waals surface area contributed by atoms with E-state index in [1.807, 2.05) is 0 Å². The lowest BCUT2D eigenvalue weighted by molar-refractivity contribution is -0.168. The summed E-state index contributed by atoms with van der Waals surface area (Å²) in [5.41, 5.74) is -2.23. The molecule has 0 saturated heterocycles. The van der Waals surface area contributed by atoms with Crippen molar-refractivity contribution in [3.8, 4) is 5.75 Å². The molecule has 1 aliphatic rings. The maximum absolute atomic E-state index is 11.2. The van der Waals surface area contributed by atoms with Gasteiger partial charge in [0.2, 0.25) is 0 Å². The number of benzene rings is 1. The molecule has 4 nitrogen and oxygen atoms in total. The smallest absolute Gasteiger partial charge is 0.340 e. The lowest BCUT2D eigenvalue weighted by Crippen LogP contribution is -2.48. The Hall–Kier alpha value is -1.55. The fourth-order valence-corrected chi connectivity index (χ4v) is 2.13. The zero-order valence-corrected chi connectivity index (χ0v) is 9.23. The van der Waals surface area contributed by atoms with Crippen LogP contribution in [0.25, 0.3) is 0 Å². The lowest BCUT2D eigenvalue weighted by Gasteiger charge is -2.40. The second kappa shape index (κ2) is 3.22. The van der Waals surface area contributed by atoms with Crippen LogP contribution in [-0.4, -0.2) is 21.8 Å². The Balaban J connectivity index is 2.60. The highest BCUT2D eigenvalue weighted by Crippen LogP contribution is 2.43. The van der Waals surface area contributed by atoms with Crippen LogP contribution in [0.1, 0.15) is 25.8 Å². The molecular weight excluding hydrogens is 208 g/mol. The van der Waals surface area contributed by atoms with Crippen molar-refractivity contribution in [1.82, 2.24) is 0 Å². The molecule has 1 atom stereocenters. The van der Waals surface area contributed by atoms with Crippen molar-refractivity contribution in [1.29, 1.82) is 0 Å². The molecule has 0 saturated carbocycles. The van der Waals surface area contributed by atoms with E-state index in [2.05, 4.69) is 0 Å². The van der Waals surface area contributed by atoms with Crippen LogP contribution < -0.4 is 4.74 Å². The molecule has 0 radical (unpaired) electrons. The van der Waals surface area contributed by atoms with E-state index in [-0.39, 0.29) is 6.42 Å². The maximum atomic E-state index is 11.2. The van der Waals surface area contributed by atoms with Gasteiger partial charge in [0.25, 0.3) is 0 Å². The number of rotatable bonds is 1. The van der Waals surface area contributed by atoms with Crippen molar-refractivity contribution in [2.75, 3.05) is 0 Å². The number of carbonyl (C=O) groups is 1. The molecule has 86 valence electrons. The zero-order chi connectivity index (χ0) is 12.0. The number of carboxylic acid groups (broad SMARTS) is 1. The van der Waals surface area contributed by atoms with E-state index in [0.29, 0.717) is 11.3 Å². The minimum Gasteiger partial charge on any atom is -0.487 e. The molecule has 2 N–H and O–H groups in total. The molecule has 0 aromatic heterocycles. The number of aliphatic hydroxyl groups is 1. The van der Waals surface area contributed by atoms with Crippen molar-refractivity contribution >= 4 is 5.97 Å². The van der Waals surface area contributed by atoms with Gasteiger partial charge in [-0.3, -0.25) is 0 Å². The highest BCUT2D eigenvalue weighted by molar-refractivity contribution is 5.81. The summed E-state index contributed by atoms with van der Waals surface area (Å²) in [4.78, 5) is 11.2. The van der Waals surface area contributed by atoms with Gasteiger partial charge in [-0.25, -0.2) is 4.79 Å². The summed E-state index contributed by atoms with van der Waals surface area (Å²) in [7, 11) is 0. The monoisotopic (exact) mass is 222 g/mol. The summed E-state index contributed by atoms with van der Waals surface area (Å²) in [5, 5.41) is 19.4. The molecule has 1 aromatic rings. The minimum absolute atomic E-state index is 0.0341. The van der Waals surface area contributed by atoms with Crippen LogP contribution in [-0.2, 0) is 10.4 Å². The van der Waals surface area contributed by atoms with Gasteiger partial charge >= 0.3 is 5.97 Å². The molecule has 0 bridgehead atoms. The van der Waals surface area contributed by atoms with Gasteiger partial charge in [-0.05, 0) is 19.9 Å². The largest absolute Gasteiger partial charge is 0.487 e. The standard InChI is InChI=1S/C12H14O4/c1-11(2)7-12(15,10(13)14)8-5-3-4-6-9(8)16-11/h3-6,15H,7H2,1-2H3,(H,13,14). The number of hydrogen-bond donors (Lipinski definition) is 2. The minimum atomic E-state index is -1.86.